The van der Waals surface area contributed by atoms with Gasteiger partial charge < -0.3 is 15.3 Å². The third-order valence-electron chi connectivity index (χ3n) is 3.05. The van der Waals surface area contributed by atoms with E-state index in [4.69, 9.17) is 16.7 Å². The number of likely N-dealkylation sites (N-methyl/N-ethyl adjacent to an activating group) is 1. The first-order chi connectivity index (χ1) is 8.20. The third-order valence-corrected chi connectivity index (χ3v) is 3.29. The van der Waals surface area contributed by atoms with E-state index in [-0.39, 0.29) is 6.61 Å². The molecule has 1 aliphatic rings. The van der Waals surface area contributed by atoms with Crippen molar-refractivity contribution >= 4 is 17.3 Å². The minimum absolute atomic E-state index is 0.151. The first-order valence-corrected chi connectivity index (χ1v) is 6.42. The van der Waals surface area contributed by atoms with Crippen molar-refractivity contribution in [3.63, 3.8) is 0 Å². The van der Waals surface area contributed by atoms with Crippen molar-refractivity contribution in [1.82, 2.24) is 5.32 Å². The molecule has 4 heteroatoms. The van der Waals surface area contributed by atoms with E-state index in [2.05, 4.69) is 11.4 Å². The van der Waals surface area contributed by atoms with Gasteiger partial charge in [0, 0.05) is 36.9 Å². The number of benzene rings is 1. The van der Waals surface area contributed by atoms with Crippen LogP contribution < -0.4 is 10.2 Å². The highest BCUT2D eigenvalue weighted by Crippen LogP contribution is 2.26. The van der Waals surface area contributed by atoms with Gasteiger partial charge in [-0.2, -0.15) is 0 Å². The number of aliphatic hydroxyl groups is 1. The summed E-state index contributed by atoms with van der Waals surface area (Å²) in [7, 11) is 1.97. The molecule has 0 atom stereocenters. The molecule has 1 aromatic rings. The lowest BCUT2D eigenvalue weighted by molar-refractivity contribution is 0.304. The topological polar surface area (TPSA) is 35.5 Å². The standard InChI is InChI=1S/C13H19ClN2O/c1-16(6-7-17)13-8-11(14)3-2-10(13)9-15-12-4-5-12/h2-3,8,12,15,17H,4-7,9H2,1H3. The molecule has 0 amide bonds. The van der Waals surface area contributed by atoms with Crippen LogP contribution in [0.4, 0.5) is 5.69 Å². The summed E-state index contributed by atoms with van der Waals surface area (Å²) < 4.78 is 0. The molecule has 0 saturated heterocycles. The minimum atomic E-state index is 0.151. The molecule has 1 saturated carbocycles. The summed E-state index contributed by atoms with van der Waals surface area (Å²) >= 11 is 6.03. The number of nitrogens with zero attached hydrogens (tertiary/aromatic N) is 1. The van der Waals surface area contributed by atoms with E-state index in [0.717, 1.165) is 17.3 Å². The number of nitrogens with one attached hydrogen (secondary N) is 1. The highest BCUT2D eigenvalue weighted by atomic mass is 35.5. The fourth-order valence-electron chi connectivity index (χ4n) is 1.85. The van der Waals surface area contributed by atoms with Crippen LogP contribution in [0.1, 0.15) is 18.4 Å². The first kappa shape index (κ1) is 12.7. The fraction of sp³-hybridized carbons (Fsp3) is 0.538. The SMILES string of the molecule is CN(CCO)c1cc(Cl)ccc1CNC1CC1. The molecule has 1 fully saturated rings. The molecule has 1 aliphatic carbocycles. The lowest BCUT2D eigenvalue weighted by Gasteiger charge is -2.22. The van der Waals surface area contributed by atoms with Gasteiger partial charge in [-0.1, -0.05) is 17.7 Å². The Balaban J connectivity index is 2.10. The second-order valence-electron chi connectivity index (χ2n) is 4.57. The first-order valence-electron chi connectivity index (χ1n) is 6.04. The number of halogens is 1. The highest BCUT2D eigenvalue weighted by molar-refractivity contribution is 6.30. The molecule has 0 aromatic heterocycles. The highest BCUT2D eigenvalue weighted by Gasteiger charge is 2.20. The van der Waals surface area contributed by atoms with Crippen molar-refractivity contribution in [3.05, 3.63) is 28.8 Å². The predicted octanol–water partition coefficient (Wildman–Crippen LogP) is 2.02. The van der Waals surface area contributed by atoms with Gasteiger partial charge in [0.25, 0.3) is 0 Å². The van der Waals surface area contributed by atoms with Crippen molar-refractivity contribution < 1.29 is 5.11 Å². The summed E-state index contributed by atoms with van der Waals surface area (Å²) in [6.07, 6.45) is 2.57. The second-order valence-corrected chi connectivity index (χ2v) is 5.01. The van der Waals surface area contributed by atoms with Crippen molar-refractivity contribution in [1.29, 1.82) is 0 Å². The van der Waals surface area contributed by atoms with E-state index in [1.165, 1.54) is 18.4 Å². The smallest absolute Gasteiger partial charge is 0.0606 e. The number of hydrogen-bond donors (Lipinski definition) is 2. The summed E-state index contributed by atoms with van der Waals surface area (Å²) in [5, 5.41) is 13.2. The molecule has 2 N–H and O–H groups in total. The Kier molecular flexibility index (Phi) is 4.26. The molecule has 0 spiro atoms. The lowest BCUT2D eigenvalue weighted by atomic mass is 10.1. The van der Waals surface area contributed by atoms with E-state index in [1.54, 1.807) is 0 Å². The van der Waals surface area contributed by atoms with Crippen LogP contribution in [-0.2, 0) is 6.54 Å². The van der Waals surface area contributed by atoms with E-state index < -0.39 is 0 Å². The van der Waals surface area contributed by atoms with Gasteiger partial charge in [0.05, 0.1) is 6.61 Å². The van der Waals surface area contributed by atoms with Crippen LogP contribution in [0.15, 0.2) is 18.2 Å². The van der Waals surface area contributed by atoms with Crippen LogP contribution in [0.5, 0.6) is 0 Å². The van der Waals surface area contributed by atoms with Gasteiger partial charge in [-0.25, -0.2) is 0 Å². The molecule has 0 bridgehead atoms. The zero-order chi connectivity index (χ0) is 12.3. The van der Waals surface area contributed by atoms with Crippen LogP contribution in [0.25, 0.3) is 0 Å². The van der Waals surface area contributed by atoms with Gasteiger partial charge >= 0.3 is 0 Å². The average Bonchev–Trinajstić information content (AvgIpc) is 3.11. The van der Waals surface area contributed by atoms with E-state index in [9.17, 15) is 0 Å². The van der Waals surface area contributed by atoms with Crippen LogP contribution in [-0.4, -0.2) is 31.3 Å². The third kappa shape index (κ3) is 3.60. The Bertz CT molecular complexity index is 380. The van der Waals surface area contributed by atoms with E-state index >= 15 is 0 Å². The quantitative estimate of drug-likeness (QED) is 0.815. The van der Waals surface area contributed by atoms with Gasteiger partial charge in [0.2, 0.25) is 0 Å². The lowest BCUT2D eigenvalue weighted by Crippen LogP contribution is -2.24. The Morgan fingerprint density at radius 1 is 1.47 bits per heavy atom. The molecule has 0 unspecified atom stereocenters. The van der Waals surface area contributed by atoms with Crippen molar-refractivity contribution in [2.45, 2.75) is 25.4 Å². The fourth-order valence-corrected chi connectivity index (χ4v) is 2.02. The zero-order valence-corrected chi connectivity index (χ0v) is 10.9. The molecule has 3 nitrogen and oxygen atoms in total. The van der Waals surface area contributed by atoms with Gasteiger partial charge in [-0.15, -0.1) is 0 Å². The molecular weight excluding hydrogens is 236 g/mol. The van der Waals surface area contributed by atoms with Gasteiger partial charge in [0.1, 0.15) is 0 Å². The zero-order valence-electron chi connectivity index (χ0n) is 10.1. The van der Waals surface area contributed by atoms with Crippen LogP contribution in [0, 0.1) is 0 Å². The maximum Gasteiger partial charge on any atom is 0.0606 e. The normalized spacial score (nSPS) is 15.0. The Hall–Kier alpha value is -0.770. The van der Waals surface area contributed by atoms with Gasteiger partial charge in [-0.05, 0) is 30.5 Å². The average molecular weight is 255 g/mol. The molecule has 1 aromatic carbocycles. The van der Waals surface area contributed by atoms with Crippen LogP contribution in [0.2, 0.25) is 5.02 Å². The monoisotopic (exact) mass is 254 g/mol. The number of hydrogen-bond acceptors (Lipinski definition) is 3. The Morgan fingerprint density at radius 2 is 2.24 bits per heavy atom. The summed E-state index contributed by atoms with van der Waals surface area (Å²) in [6.45, 7) is 1.64. The molecule has 2 rings (SSSR count). The maximum absolute atomic E-state index is 9.00. The molecular formula is C13H19ClN2O. The summed E-state index contributed by atoms with van der Waals surface area (Å²) in [6, 6.07) is 6.63. The van der Waals surface area contributed by atoms with E-state index in [1.807, 2.05) is 24.1 Å². The molecule has 17 heavy (non-hydrogen) atoms. The van der Waals surface area contributed by atoms with Crippen molar-refractivity contribution in [2.75, 3.05) is 25.1 Å². The summed E-state index contributed by atoms with van der Waals surface area (Å²) in [5.74, 6) is 0. The van der Waals surface area contributed by atoms with Gasteiger partial charge in [-0.3, -0.25) is 0 Å². The molecule has 0 heterocycles. The predicted molar refractivity (Wildman–Crippen MR) is 71.7 cm³/mol. The van der Waals surface area contributed by atoms with Crippen molar-refractivity contribution in [3.8, 4) is 0 Å². The van der Waals surface area contributed by atoms with Crippen molar-refractivity contribution in [2.24, 2.45) is 0 Å². The number of anilines is 1. The largest absolute Gasteiger partial charge is 0.395 e. The summed E-state index contributed by atoms with van der Waals surface area (Å²) in [4.78, 5) is 2.04. The maximum atomic E-state index is 9.00. The molecule has 0 radical (unpaired) electrons. The minimum Gasteiger partial charge on any atom is -0.395 e. The number of aliphatic hydroxyl groups excluding tert-OH is 1. The van der Waals surface area contributed by atoms with E-state index in [0.29, 0.717) is 12.6 Å². The second kappa shape index (κ2) is 5.71. The molecule has 94 valence electrons. The Morgan fingerprint density at radius 3 is 2.88 bits per heavy atom. The van der Waals surface area contributed by atoms with Crippen LogP contribution in [0.3, 0.4) is 0 Å². The van der Waals surface area contributed by atoms with Crippen LogP contribution >= 0.6 is 11.6 Å². The molecule has 0 aliphatic heterocycles. The summed E-state index contributed by atoms with van der Waals surface area (Å²) in [5.41, 5.74) is 2.33. The Labute approximate surface area is 107 Å². The van der Waals surface area contributed by atoms with Gasteiger partial charge in [0.15, 0.2) is 0 Å². The number of rotatable bonds is 6.